The van der Waals surface area contributed by atoms with E-state index in [1.54, 1.807) is 140 Å². The van der Waals surface area contributed by atoms with Crippen molar-refractivity contribution in [3.63, 3.8) is 0 Å². The first-order valence-corrected chi connectivity index (χ1v) is 21.7. The Morgan fingerprint density at radius 3 is 1.33 bits per heavy atom. The number of hydrogen-bond donors (Lipinski definition) is 5. The normalized spacial score (nSPS) is 14.1. The molecule has 0 unspecified atom stereocenters. The lowest BCUT2D eigenvalue weighted by Crippen LogP contribution is -2.48. The highest BCUT2D eigenvalue weighted by Crippen LogP contribution is 2.37. The van der Waals surface area contributed by atoms with Crippen molar-refractivity contribution in [3.05, 3.63) is 124 Å². The second kappa shape index (κ2) is 23.8. The van der Waals surface area contributed by atoms with Crippen molar-refractivity contribution in [2.24, 2.45) is 0 Å². The number of methoxy groups -OCH3 is 2. The zero-order chi connectivity index (χ0) is 50.5. The van der Waals surface area contributed by atoms with E-state index in [0.717, 1.165) is 11.8 Å². The molecule has 2 amide bonds. The van der Waals surface area contributed by atoms with Gasteiger partial charge in [0.15, 0.2) is 0 Å². The Bertz CT molecular complexity index is 2210. The first-order chi connectivity index (χ1) is 30.3. The number of ether oxygens (including phenoxy) is 2. The Kier molecular flexibility index (Phi) is 20.6. The summed E-state index contributed by atoms with van der Waals surface area (Å²) in [6, 6.07) is 27.6. The Labute approximate surface area is 400 Å². The molecule has 353 valence electrons. The van der Waals surface area contributed by atoms with E-state index in [1.165, 1.54) is 14.2 Å². The van der Waals surface area contributed by atoms with Gasteiger partial charge in [-0.05, 0) is 143 Å². The zero-order valence-corrected chi connectivity index (χ0v) is 41.9. The number of rotatable bonds is 11. The van der Waals surface area contributed by atoms with Crippen molar-refractivity contribution in [2.45, 2.75) is 117 Å². The summed E-state index contributed by atoms with van der Waals surface area (Å²) in [5, 5.41) is 33.2. The van der Waals surface area contributed by atoms with Gasteiger partial charge in [0.1, 0.15) is 0 Å². The molecule has 0 aromatic heterocycles. The van der Waals surface area contributed by atoms with Crippen LogP contribution in [0.25, 0.3) is 0 Å². The van der Waals surface area contributed by atoms with Crippen LogP contribution in [0.4, 0.5) is 11.4 Å². The molecule has 0 aliphatic carbocycles. The fourth-order valence-electron chi connectivity index (χ4n) is 4.86. The fourth-order valence-corrected chi connectivity index (χ4v) is 5.22. The van der Waals surface area contributed by atoms with Crippen molar-refractivity contribution in [1.82, 2.24) is 0 Å². The topological polar surface area (TPSA) is 199 Å². The minimum Gasteiger partial charge on any atom is -0.465 e. The molecule has 1 aliphatic rings. The molecule has 5 N–H and O–H groups in total. The number of hydrogen-bond acceptors (Lipinski definition) is 12. The van der Waals surface area contributed by atoms with Crippen molar-refractivity contribution < 1.29 is 57.9 Å². The summed E-state index contributed by atoms with van der Waals surface area (Å²) in [5.41, 5.74) is -1.53. The molecule has 5 rings (SSSR count). The lowest BCUT2D eigenvalue weighted by atomic mass is 9.70. The van der Waals surface area contributed by atoms with Crippen LogP contribution in [0, 0.1) is 0 Å². The van der Waals surface area contributed by atoms with Gasteiger partial charge in [-0.1, -0.05) is 58.4 Å². The molecule has 18 heteroatoms. The number of halogens is 1. The third kappa shape index (κ3) is 16.5. The molecule has 0 atom stereocenters. The van der Waals surface area contributed by atoms with Crippen LogP contribution in [0.3, 0.4) is 0 Å². The van der Waals surface area contributed by atoms with Gasteiger partial charge in [-0.2, -0.15) is 0 Å². The summed E-state index contributed by atoms with van der Waals surface area (Å²) in [5.74, 6) is -1.65. The summed E-state index contributed by atoms with van der Waals surface area (Å²) in [6.07, 6.45) is 0. The van der Waals surface area contributed by atoms with Gasteiger partial charge >= 0.3 is 19.1 Å². The van der Waals surface area contributed by atoms with Crippen molar-refractivity contribution in [2.75, 3.05) is 24.9 Å². The smallest absolute Gasteiger partial charge is 0.465 e. The highest BCUT2D eigenvalue weighted by Gasteiger charge is 2.52. The van der Waals surface area contributed by atoms with Crippen LogP contribution in [0.2, 0.25) is 0 Å². The minimum atomic E-state index is -1.01. The summed E-state index contributed by atoms with van der Waals surface area (Å²) in [7, 11) is 8.13. The largest absolute Gasteiger partial charge is 0.494 e. The number of benzene rings is 4. The maximum absolute atomic E-state index is 12.5. The second-order valence-electron chi connectivity index (χ2n) is 18.1. The number of nitrogens with one attached hydrogen (secondary N) is 2. The number of anilines is 2. The predicted octanol–water partition coefficient (Wildman–Crippen LogP) is 7.30. The summed E-state index contributed by atoms with van der Waals surface area (Å²) in [6.45, 7) is 21.1. The molecule has 1 heterocycles. The van der Waals surface area contributed by atoms with E-state index in [9.17, 15) is 24.3 Å². The van der Waals surface area contributed by atoms with Crippen LogP contribution in [-0.4, -0.2) is 109 Å². The predicted molar refractivity (Wildman–Crippen MR) is 263 cm³/mol. The van der Waals surface area contributed by atoms with E-state index in [1.807, 2.05) is 39.8 Å². The Hall–Kier alpha value is -4.81. The molecule has 4 aromatic rings. The minimum absolute atomic E-state index is 0.235. The quantitative estimate of drug-likeness (QED) is 0.0744. The summed E-state index contributed by atoms with van der Waals surface area (Å²) >= 11 is 3.28. The summed E-state index contributed by atoms with van der Waals surface area (Å²) < 4.78 is 27.4. The molecule has 66 heavy (non-hydrogen) atoms. The van der Waals surface area contributed by atoms with Crippen LogP contribution in [0.1, 0.15) is 125 Å². The third-order valence-electron chi connectivity index (χ3n) is 11.3. The molecule has 0 saturated carbocycles. The molecule has 3 radical (unpaired) electrons. The maximum atomic E-state index is 12.5. The molecule has 14 nitrogen and oxygen atoms in total. The molecule has 4 aromatic carbocycles. The van der Waals surface area contributed by atoms with Gasteiger partial charge in [0.2, 0.25) is 7.37 Å². The van der Waals surface area contributed by atoms with Gasteiger partial charge in [0.25, 0.3) is 11.8 Å². The van der Waals surface area contributed by atoms with Crippen molar-refractivity contribution in [3.8, 4) is 0 Å². The first-order valence-electron chi connectivity index (χ1n) is 20.9. The van der Waals surface area contributed by atoms with E-state index in [-0.39, 0.29) is 17.4 Å². The van der Waals surface area contributed by atoms with Gasteiger partial charge in [0, 0.05) is 15.6 Å². The monoisotopic (exact) mass is 971 g/mol. The number of carbonyl (C=O) groups excluding carboxylic acids is 4. The van der Waals surface area contributed by atoms with Crippen molar-refractivity contribution >= 4 is 78.7 Å². The fraction of sp³-hybridized carbons (Fsp3) is 0.417. The van der Waals surface area contributed by atoms with Crippen LogP contribution in [0.15, 0.2) is 102 Å². The van der Waals surface area contributed by atoms with Gasteiger partial charge in [-0.15, -0.1) is 0 Å². The lowest BCUT2D eigenvalue weighted by Gasteiger charge is -2.37. The molecular weight excluding hydrogens is 909 g/mol. The molecule has 1 aliphatic heterocycles. The Morgan fingerprint density at radius 2 is 1.00 bits per heavy atom. The Morgan fingerprint density at radius 1 is 0.621 bits per heavy atom. The average Bonchev–Trinajstić information content (AvgIpc) is 3.46. The van der Waals surface area contributed by atoms with Gasteiger partial charge in [-0.3, -0.25) is 9.59 Å². The SMILES string of the molecule is CC(C)(O)C(C)(C)O.COC(=O)c1cc(B2OC(C)(C)C(C)(C)O2)ccc1NC(=O)c1ccccc1.COC(=O)c1cc(Br)ccc1NC(=O)c1ccccc1.[B][B]OC(C)(C)C(C)(C)O. The highest BCUT2D eigenvalue weighted by molar-refractivity contribution is 9.10. The first kappa shape index (κ1) is 57.3. The molecule has 0 bridgehead atoms. The number of aliphatic hydroxyl groups is 3. The van der Waals surface area contributed by atoms with Crippen molar-refractivity contribution in [1.29, 1.82) is 0 Å². The lowest BCUT2D eigenvalue weighted by molar-refractivity contribution is -0.107. The highest BCUT2D eigenvalue weighted by atomic mass is 79.9. The van der Waals surface area contributed by atoms with E-state index in [4.69, 9.17) is 41.4 Å². The molecule has 0 spiro atoms. The third-order valence-corrected chi connectivity index (χ3v) is 11.8. The van der Waals surface area contributed by atoms with Crippen LogP contribution in [-0.2, 0) is 23.4 Å². The standard InChI is InChI=1S/C21H24BNO5.C15H12BrNO3.C6H13B2O2.C6H14O2/c1-20(2)21(3,4)28-22(27-20)15-11-12-17(16(13-15)19(25)26-5)23-18(24)14-9-7-6-8-10-14;1-20-15(19)12-9-11(16)7-8-13(12)17-14(18)10-5-3-2-4-6-10;1-5(2,9)6(3,4)10-8-7;1-5(2,7)6(3,4)8/h6-13H,1-5H3,(H,23,24);2-9H,1H3,(H,17,18);9H,1-4H3;7-8H,1-4H3. The van der Waals surface area contributed by atoms with Crippen LogP contribution < -0.4 is 16.1 Å². The van der Waals surface area contributed by atoms with Gasteiger partial charge in [-0.25, -0.2) is 9.59 Å². The number of amides is 2. The zero-order valence-electron chi connectivity index (χ0n) is 40.4. The Balaban J connectivity index is 0.000000341. The second-order valence-corrected chi connectivity index (χ2v) is 19.1. The van der Waals surface area contributed by atoms with E-state index < -0.39 is 52.7 Å². The number of esters is 2. The van der Waals surface area contributed by atoms with Crippen LogP contribution in [0.5, 0.6) is 0 Å². The maximum Gasteiger partial charge on any atom is 0.494 e. The van der Waals surface area contributed by atoms with Gasteiger partial charge in [0.05, 0.1) is 78.1 Å². The molecular formula is C48H63B3BrN2O12. The summed E-state index contributed by atoms with van der Waals surface area (Å²) in [4.78, 5) is 48.6. The average molecular weight is 972 g/mol. The van der Waals surface area contributed by atoms with E-state index in [2.05, 4.69) is 26.6 Å². The molecule has 1 fully saturated rings. The van der Waals surface area contributed by atoms with Gasteiger partial charge < -0.3 is 49.4 Å². The molecule has 1 saturated heterocycles. The van der Waals surface area contributed by atoms with Crippen LogP contribution >= 0.6 is 15.9 Å². The van der Waals surface area contributed by atoms with E-state index in [0.29, 0.717) is 33.5 Å². The van der Waals surface area contributed by atoms with E-state index >= 15 is 0 Å². The number of carbonyl (C=O) groups is 4.